The lowest BCUT2D eigenvalue weighted by molar-refractivity contribution is -0.119. The average molecular weight is 576 g/mol. The minimum Gasteiger partial charge on any atom is -0.448 e. The van der Waals surface area contributed by atoms with E-state index in [0.29, 0.717) is 0 Å². The number of aromatic amines is 1. The van der Waals surface area contributed by atoms with Gasteiger partial charge in [0.1, 0.15) is 12.5 Å². The number of carbonyl (C=O) groups excluding carboxylic acids is 2. The van der Waals surface area contributed by atoms with E-state index in [1.54, 1.807) is 17.1 Å². The lowest BCUT2D eigenvalue weighted by Gasteiger charge is -2.22. The van der Waals surface area contributed by atoms with Crippen molar-refractivity contribution in [3.63, 3.8) is 0 Å². The van der Waals surface area contributed by atoms with Crippen LogP contribution in [0.1, 0.15) is 32.3 Å². The van der Waals surface area contributed by atoms with Crippen molar-refractivity contribution in [3.8, 4) is 0 Å². The van der Waals surface area contributed by atoms with Crippen LogP contribution in [0.4, 0.5) is 4.79 Å². The maximum atomic E-state index is 13.5. The Kier molecular flexibility index (Phi) is 6.54. The molecule has 1 atom stereocenters. The Bertz CT molecular complexity index is 1340. The average Bonchev–Trinajstić information content (AvgIpc) is 3.30. The maximum Gasteiger partial charge on any atom is 0.407 e. The number of benzene rings is 2. The number of carbonyl (C=O) groups is 2. The second-order valence-corrected chi connectivity index (χ2v) is 10.7. The summed E-state index contributed by atoms with van der Waals surface area (Å²) in [5, 5.41) is 4.63. The molecule has 0 radical (unpaired) electrons. The molecule has 7 nitrogen and oxygen atoms in total. The highest BCUT2D eigenvalue weighted by Gasteiger charge is 2.27. The molecule has 0 fully saturated rings. The zero-order valence-electron chi connectivity index (χ0n) is 18.4. The van der Waals surface area contributed by atoms with E-state index in [0.717, 1.165) is 36.3 Å². The Morgan fingerprint density at radius 1 is 1.09 bits per heavy atom. The van der Waals surface area contributed by atoms with Crippen LogP contribution in [0.25, 0.3) is 21.8 Å². The minimum atomic E-state index is -0.730. The Balaban J connectivity index is 1.64. The molecule has 2 aromatic carbocycles. The number of fused-ring (bicyclic) bond motifs is 2. The molecule has 4 rings (SSSR count). The molecular weight excluding hydrogens is 552 g/mol. The number of halogens is 2. The van der Waals surface area contributed by atoms with Gasteiger partial charge in [-0.05, 0) is 68.8 Å². The summed E-state index contributed by atoms with van der Waals surface area (Å²) in [7, 11) is 0. The van der Waals surface area contributed by atoms with Crippen LogP contribution in [-0.4, -0.2) is 33.8 Å². The molecule has 0 saturated heterocycles. The van der Waals surface area contributed by atoms with Crippen molar-refractivity contribution >= 4 is 65.7 Å². The zero-order chi connectivity index (χ0) is 23.8. The fourth-order valence-corrected chi connectivity index (χ4v) is 4.36. The lowest BCUT2D eigenvalue weighted by atomic mass is 9.98. The topological polar surface area (TPSA) is 88.1 Å². The van der Waals surface area contributed by atoms with Crippen molar-refractivity contribution in [1.82, 2.24) is 15.0 Å². The highest BCUT2D eigenvalue weighted by atomic mass is 79.9. The third-order valence-electron chi connectivity index (χ3n) is 5.11. The molecule has 0 spiro atoms. The number of aromatic nitrogens is 2. The molecule has 0 aliphatic rings. The Morgan fingerprint density at radius 2 is 1.82 bits per heavy atom. The van der Waals surface area contributed by atoms with Crippen LogP contribution < -0.4 is 10.7 Å². The number of hydrogen-bond acceptors (Lipinski definition) is 3. The summed E-state index contributed by atoms with van der Waals surface area (Å²) in [6.45, 7) is 5.49. The molecule has 4 aromatic rings. The number of amides is 2. The highest BCUT2D eigenvalue weighted by molar-refractivity contribution is 9.10. The summed E-state index contributed by atoms with van der Waals surface area (Å²) in [5.41, 5.74) is 5.00. The second kappa shape index (κ2) is 9.23. The molecule has 0 bridgehead atoms. The fraction of sp³-hybridized carbons (Fsp3) is 0.250. The predicted molar refractivity (Wildman–Crippen MR) is 137 cm³/mol. The first-order valence-corrected chi connectivity index (χ1v) is 12.0. The van der Waals surface area contributed by atoms with Crippen LogP contribution in [0.2, 0.25) is 0 Å². The van der Waals surface area contributed by atoms with E-state index in [4.69, 9.17) is 4.74 Å². The number of ether oxygens (including phenoxy) is 1. The number of nitrogens with one attached hydrogen (secondary N) is 3. The van der Waals surface area contributed by atoms with Crippen LogP contribution in [-0.2, 0) is 9.53 Å². The molecule has 2 heterocycles. The second-order valence-electron chi connectivity index (χ2n) is 8.82. The Hall–Kier alpha value is -2.78. The number of nitrogens with zero attached hydrogens (tertiary/aromatic N) is 1. The first kappa shape index (κ1) is 23.4. The summed E-state index contributed by atoms with van der Waals surface area (Å²) >= 11 is 6.96. The molecule has 0 saturated carbocycles. The molecule has 33 heavy (non-hydrogen) atoms. The van der Waals surface area contributed by atoms with Gasteiger partial charge in [-0.15, -0.1) is 0 Å². The molecule has 0 aliphatic carbocycles. The Labute approximate surface area is 208 Å². The number of H-pyrrole nitrogens is 1. The quantitative estimate of drug-likeness (QED) is 0.272. The van der Waals surface area contributed by atoms with E-state index in [2.05, 4.69) is 47.6 Å². The van der Waals surface area contributed by atoms with Gasteiger partial charge < -0.3 is 15.0 Å². The first-order chi connectivity index (χ1) is 15.6. The van der Waals surface area contributed by atoms with E-state index in [9.17, 15) is 9.59 Å². The van der Waals surface area contributed by atoms with Crippen molar-refractivity contribution in [2.45, 2.75) is 32.2 Å². The van der Waals surface area contributed by atoms with Gasteiger partial charge >= 0.3 is 6.09 Å². The van der Waals surface area contributed by atoms with E-state index < -0.39 is 17.6 Å². The van der Waals surface area contributed by atoms with Crippen molar-refractivity contribution in [1.29, 1.82) is 0 Å². The number of hydrogen-bond donors (Lipinski definition) is 3. The van der Waals surface area contributed by atoms with Gasteiger partial charge in [-0.2, -0.15) is 0 Å². The Morgan fingerprint density at radius 3 is 2.58 bits per heavy atom. The summed E-state index contributed by atoms with van der Waals surface area (Å²) < 4.78 is 9.00. The summed E-state index contributed by atoms with van der Waals surface area (Å²) in [6.07, 6.45) is 3.01. The van der Waals surface area contributed by atoms with Crippen LogP contribution >= 0.6 is 31.9 Å². The van der Waals surface area contributed by atoms with Crippen LogP contribution in [0.3, 0.4) is 0 Å². The van der Waals surface area contributed by atoms with Crippen molar-refractivity contribution in [2.75, 3.05) is 12.0 Å². The molecule has 2 amide bonds. The minimum absolute atomic E-state index is 0.113. The molecule has 2 aromatic heterocycles. The van der Waals surface area contributed by atoms with E-state index in [-0.39, 0.29) is 12.5 Å². The fourth-order valence-electron chi connectivity index (χ4n) is 3.62. The third kappa shape index (κ3) is 5.42. The van der Waals surface area contributed by atoms with E-state index in [1.807, 2.05) is 63.2 Å². The van der Waals surface area contributed by atoms with Crippen molar-refractivity contribution in [3.05, 3.63) is 69.4 Å². The maximum absolute atomic E-state index is 13.5. The van der Waals surface area contributed by atoms with Gasteiger partial charge in [-0.3, -0.25) is 14.9 Å². The van der Waals surface area contributed by atoms with Crippen molar-refractivity contribution in [2.24, 2.45) is 0 Å². The number of rotatable bonds is 5. The summed E-state index contributed by atoms with van der Waals surface area (Å²) in [6, 6.07) is 13.5. The van der Waals surface area contributed by atoms with E-state index >= 15 is 0 Å². The predicted octanol–water partition coefficient (Wildman–Crippen LogP) is 6.03. The van der Waals surface area contributed by atoms with Gasteiger partial charge in [0.2, 0.25) is 5.91 Å². The first-order valence-electron chi connectivity index (χ1n) is 10.4. The summed E-state index contributed by atoms with van der Waals surface area (Å²) in [5.74, 6) is -1.02. The molecule has 1 unspecified atom stereocenters. The normalized spacial score (nSPS) is 12.6. The highest BCUT2D eigenvalue weighted by Crippen LogP contribution is 2.29. The standard InChI is InChI=1S/C24H24Br2N4O3/c1-24(2,3)28-23(32)33-13-19(18-12-27-20-6-4-16(26)11-17(18)20)22(31)29-30-9-8-14-10-15(25)5-7-21(14)30/h4-12,19,27H,13H2,1-3H3,(H,28,32)(H,29,31). The smallest absolute Gasteiger partial charge is 0.407 e. The molecule has 0 aliphatic heterocycles. The van der Waals surface area contributed by atoms with Crippen LogP contribution in [0.5, 0.6) is 0 Å². The van der Waals surface area contributed by atoms with E-state index in [1.165, 1.54) is 0 Å². The van der Waals surface area contributed by atoms with Crippen molar-refractivity contribution < 1.29 is 14.3 Å². The zero-order valence-corrected chi connectivity index (χ0v) is 21.6. The SMILES string of the molecule is CC(C)(C)NC(=O)OCC(C(=O)Nn1ccc2cc(Br)ccc21)c1c[nH]c2ccc(Br)cc12. The molecule has 172 valence electrons. The molecular formula is C24H24Br2N4O3. The summed E-state index contributed by atoms with van der Waals surface area (Å²) in [4.78, 5) is 29.0. The van der Waals surface area contributed by atoms with Gasteiger partial charge in [-0.25, -0.2) is 4.79 Å². The molecule has 3 N–H and O–H groups in total. The van der Waals surface area contributed by atoms with Gasteiger partial charge in [0, 0.05) is 43.2 Å². The monoisotopic (exact) mass is 574 g/mol. The lowest BCUT2D eigenvalue weighted by Crippen LogP contribution is -2.42. The molecule has 9 heteroatoms. The van der Waals surface area contributed by atoms with Crippen LogP contribution in [0.15, 0.2) is 63.8 Å². The van der Waals surface area contributed by atoms with Gasteiger partial charge in [0.05, 0.1) is 5.52 Å². The van der Waals surface area contributed by atoms with Gasteiger partial charge in [0.15, 0.2) is 0 Å². The van der Waals surface area contributed by atoms with Gasteiger partial charge in [0.25, 0.3) is 0 Å². The van der Waals surface area contributed by atoms with Gasteiger partial charge in [-0.1, -0.05) is 31.9 Å². The number of alkyl carbamates (subject to hydrolysis) is 1. The van der Waals surface area contributed by atoms with Crippen LogP contribution in [0, 0.1) is 0 Å². The third-order valence-corrected chi connectivity index (χ3v) is 6.10. The largest absolute Gasteiger partial charge is 0.448 e.